The molecule has 1 aromatic rings. The molecule has 4 nitrogen and oxygen atoms in total. The number of likely N-dealkylation sites (tertiary alicyclic amines) is 1. The molecule has 5 rings (SSSR count). The second kappa shape index (κ2) is 5.78. The molecule has 25 heavy (non-hydrogen) atoms. The fourth-order valence-corrected chi connectivity index (χ4v) is 5.30. The highest BCUT2D eigenvalue weighted by Gasteiger charge is 2.53. The Morgan fingerprint density at radius 1 is 1.12 bits per heavy atom. The second-order valence-corrected chi connectivity index (χ2v) is 8.02. The molecule has 134 valence electrons. The maximum absolute atomic E-state index is 14.7. The number of nitrogens with zero attached hydrogens (tertiary/aromatic N) is 2. The molecule has 1 aromatic carbocycles. The van der Waals surface area contributed by atoms with Gasteiger partial charge in [-0.15, -0.1) is 0 Å². The highest BCUT2D eigenvalue weighted by atomic mass is 19.1. The highest BCUT2D eigenvalue weighted by molar-refractivity contribution is 5.86. The quantitative estimate of drug-likeness (QED) is 0.826. The zero-order valence-electron chi connectivity index (χ0n) is 14.5. The van der Waals surface area contributed by atoms with Crippen molar-refractivity contribution in [3.8, 4) is 0 Å². The van der Waals surface area contributed by atoms with Crippen molar-refractivity contribution in [3.63, 3.8) is 0 Å². The Kier molecular flexibility index (Phi) is 3.64. The Morgan fingerprint density at radius 2 is 1.84 bits per heavy atom. The maximum Gasteiger partial charge on any atom is 0.260 e. The lowest BCUT2D eigenvalue weighted by Crippen LogP contribution is -2.50. The van der Waals surface area contributed by atoms with Gasteiger partial charge in [-0.05, 0) is 30.4 Å². The van der Waals surface area contributed by atoms with E-state index in [-0.39, 0.29) is 5.91 Å². The molecule has 0 aromatic heterocycles. The predicted molar refractivity (Wildman–Crippen MR) is 92.1 cm³/mol. The van der Waals surface area contributed by atoms with Crippen LogP contribution >= 0.6 is 0 Å². The van der Waals surface area contributed by atoms with Gasteiger partial charge in [0, 0.05) is 44.1 Å². The van der Waals surface area contributed by atoms with E-state index in [4.69, 9.17) is 4.74 Å². The number of amides is 1. The van der Waals surface area contributed by atoms with Crippen molar-refractivity contribution < 1.29 is 13.9 Å². The molecule has 0 N–H and O–H groups in total. The van der Waals surface area contributed by atoms with Crippen LogP contribution in [0.2, 0.25) is 0 Å². The number of fused-ring (bicyclic) bond motifs is 3. The van der Waals surface area contributed by atoms with Crippen LogP contribution in [0, 0.1) is 5.92 Å². The normalized spacial score (nSPS) is 33.6. The van der Waals surface area contributed by atoms with E-state index in [1.54, 1.807) is 0 Å². The number of ether oxygens (including phenoxy) is 1. The first kappa shape index (κ1) is 15.8. The van der Waals surface area contributed by atoms with Crippen molar-refractivity contribution in [2.45, 2.75) is 36.9 Å². The highest BCUT2D eigenvalue weighted by Crippen LogP contribution is 2.52. The molecule has 0 radical (unpaired) electrons. The van der Waals surface area contributed by atoms with E-state index in [1.165, 1.54) is 11.1 Å². The first-order valence-corrected chi connectivity index (χ1v) is 9.56. The van der Waals surface area contributed by atoms with Gasteiger partial charge < -0.3 is 9.64 Å². The van der Waals surface area contributed by atoms with Gasteiger partial charge in [-0.2, -0.15) is 0 Å². The van der Waals surface area contributed by atoms with E-state index in [2.05, 4.69) is 29.2 Å². The van der Waals surface area contributed by atoms with Gasteiger partial charge in [-0.3, -0.25) is 9.69 Å². The van der Waals surface area contributed by atoms with Crippen molar-refractivity contribution in [1.82, 2.24) is 9.80 Å². The van der Waals surface area contributed by atoms with Crippen LogP contribution in [0.4, 0.5) is 4.39 Å². The lowest BCUT2D eigenvalue weighted by molar-refractivity contribution is -0.149. The first-order valence-electron chi connectivity index (χ1n) is 9.56. The van der Waals surface area contributed by atoms with Crippen molar-refractivity contribution in [2.75, 3.05) is 39.4 Å². The number of hydrogen-bond donors (Lipinski definition) is 0. The predicted octanol–water partition coefficient (Wildman–Crippen LogP) is 2.51. The summed E-state index contributed by atoms with van der Waals surface area (Å²) >= 11 is 0. The van der Waals surface area contributed by atoms with Crippen LogP contribution in [0.5, 0.6) is 0 Å². The fraction of sp³-hybridized carbons (Fsp3) is 0.650. The van der Waals surface area contributed by atoms with Crippen LogP contribution in [0.1, 0.15) is 42.3 Å². The smallest absolute Gasteiger partial charge is 0.260 e. The summed E-state index contributed by atoms with van der Waals surface area (Å²) in [6, 6.07) is 8.98. The summed E-state index contributed by atoms with van der Waals surface area (Å²) in [7, 11) is 0. The lowest BCUT2D eigenvalue weighted by Gasteiger charge is -2.38. The van der Waals surface area contributed by atoms with Gasteiger partial charge in [0.05, 0.1) is 13.2 Å². The first-order chi connectivity index (χ1) is 12.2. The maximum atomic E-state index is 14.7. The van der Waals surface area contributed by atoms with Gasteiger partial charge in [0.1, 0.15) is 0 Å². The number of benzene rings is 1. The summed E-state index contributed by atoms with van der Waals surface area (Å²) in [4.78, 5) is 17.0. The molecule has 3 fully saturated rings. The molecule has 3 atom stereocenters. The molecule has 0 unspecified atom stereocenters. The van der Waals surface area contributed by atoms with E-state index in [9.17, 15) is 9.18 Å². The average molecular weight is 344 g/mol. The molecule has 2 saturated heterocycles. The van der Waals surface area contributed by atoms with Crippen LogP contribution < -0.4 is 0 Å². The zero-order chi connectivity index (χ0) is 17.0. The third kappa shape index (κ3) is 2.36. The number of carbonyl (C=O) groups is 1. The molecular weight excluding hydrogens is 319 g/mol. The SMILES string of the molecule is O=C(N1C[C@H]2[C@@H](C1)c1ccccc1[C@@H]2N1CCOCC1)C1(F)CCC1. The molecule has 4 aliphatic rings. The van der Waals surface area contributed by atoms with Gasteiger partial charge in [0.15, 0.2) is 5.67 Å². The Balaban J connectivity index is 1.44. The van der Waals surface area contributed by atoms with Crippen LogP contribution in [0.3, 0.4) is 0 Å². The minimum absolute atomic E-state index is 0.258. The minimum Gasteiger partial charge on any atom is -0.379 e. The number of carbonyl (C=O) groups excluding carboxylic acids is 1. The fourth-order valence-electron chi connectivity index (χ4n) is 5.30. The molecule has 0 spiro atoms. The Hall–Kier alpha value is -1.46. The summed E-state index contributed by atoms with van der Waals surface area (Å²) in [6.07, 6.45) is 1.64. The standard InChI is InChI=1S/C20H25FN2O2/c21-20(6-3-7-20)19(24)23-12-16-14-4-1-2-5-15(14)18(17(16)13-23)22-8-10-25-11-9-22/h1-2,4-5,16-18H,3,6-13H2/t16-,17-,18-/m0/s1. The van der Waals surface area contributed by atoms with E-state index in [0.717, 1.165) is 32.7 Å². The largest absolute Gasteiger partial charge is 0.379 e. The van der Waals surface area contributed by atoms with Crippen LogP contribution in [-0.2, 0) is 9.53 Å². The molecule has 2 aliphatic carbocycles. The van der Waals surface area contributed by atoms with Crippen molar-refractivity contribution in [3.05, 3.63) is 35.4 Å². The minimum atomic E-state index is -1.58. The molecule has 2 heterocycles. The third-order valence-electron chi connectivity index (χ3n) is 6.74. The zero-order valence-corrected chi connectivity index (χ0v) is 14.5. The molecule has 2 aliphatic heterocycles. The molecule has 1 saturated carbocycles. The number of morpholine rings is 1. The molecule has 5 heteroatoms. The van der Waals surface area contributed by atoms with E-state index < -0.39 is 5.67 Å². The van der Waals surface area contributed by atoms with Gasteiger partial charge in [-0.25, -0.2) is 4.39 Å². The van der Waals surface area contributed by atoms with Crippen molar-refractivity contribution in [2.24, 2.45) is 5.92 Å². The number of alkyl halides is 1. The summed E-state index contributed by atoms with van der Waals surface area (Å²) < 4.78 is 20.2. The molecular formula is C20H25FN2O2. The summed E-state index contributed by atoms with van der Waals surface area (Å²) in [6.45, 7) is 4.77. The summed E-state index contributed by atoms with van der Waals surface area (Å²) in [5.74, 6) is 0.464. The van der Waals surface area contributed by atoms with E-state index in [1.807, 2.05) is 4.90 Å². The van der Waals surface area contributed by atoms with Crippen molar-refractivity contribution in [1.29, 1.82) is 0 Å². The van der Waals surface area contributed by atoms with Gasteiger partial charge >= 0.3 is 0 Å². The van der Waals surface area contributed by atoms with E-state index >= 15 is 0 Å². The van der Waals surface area contributed by atoms with Crippen LogP contribution in [-0.4, -0.2) is 60.8 Å². The lowest BCUT2D eigenvalue weighted by atomic mass is 9.81. The van der Waals surface area contributed by atoms with Gasteiger partial charge in [-0.1, -0.05) is 24.3 Å². The number of rotatable bonds is 2. The molecule has 1 amide bonds. The Morgan fingerprint density at radius 3 is 2.52 bits per heavy atom. The van der Waals surface area contributed by atoms with Gasteiger partial charge in [0.2, 0.25) is 0 Å². The third-order valence-corrected chi connectivity index (χ3v) is 6.74. The second-order valence-electron chi connectivity index (χ2n) is 8.02. The Bertz CT molecular complexity index is 684. The summed E-state index contributed by atoms with van der Waals surface area (Å²) in [5.41, 5.74) is 1.19. The topological polar surface area (TPSA) is 32.8 Å². The number of halogens is 1. The van der Waals surface area contributed by atoms with Crippen molar-refractivity contribution >= 4 is 5.91 Å². The average Bonchev–Trinajstić information content (AvgIpc) is 3.17. The molecule has 0 bridgehead atoms. The number of hydrogen-bond acceptors (Lipinski definition) is 3. The van der Waals surface area contributed by atoms with Crippen LogP contribution in [0.15, 0.2) is 24.3 Å². The Labute approximate surface area is 147 Å². The summed E-state index contributed by atoms with van der Waals surface area (Å²) in [5, 5.41) is 0. The van der Waals surface area contributed by atoms with E-state index in [0.29, 0.717) is 43.8 Å². The van der Waals surface area contributed by atoms with Crippen LogP contribution in [0.25, 0.3) is 0 Å². The van der Waals surface area contributed by atoms with Gasteiger partial charge in [0.25, 0.3) is 5.91 Å². The monoisotopic (exact) mass is 344 g/mol.